The van der Waals surface area contributed by atoms with Gasteiger partial charge in [0.05, 0.1) is 7.11 Å². The summed E-state index contributed by atoms with van der Waals surface area (Å²) >= 11 is 5.95. The van der Waals surface area contributed by atoms with E-state index < -0.39 is 0 Å². The third-order valence-electron chi connectivity index (χ3n) is 3.09. The molecule has 0 bridgehead atoms. The van der Waals surface area contributed by atoms with E-state index in [1.165, 1.54) is 12.7 Å². The summed E-state index contributed by atoms with van der Waals surface area (Å²) in [4.78, 5) is 10.2. The molecule has 1 aliphatic rings. The normalized spacial score (nSPS) is 23.0. The van der Waals surface area contributed by atoms with E-state index >= 15 is 0 Å². The van der Waals surface area contributed by atoms with Crippen LogP contribution in [0, 0.1) is 11.8 Å². The number of halogens is 1. The smallest absolute Gasteiger partial charge is 0.199 e. The molecule has 4 nitrogen and oxygen atoms in total. The summed E-state index contributed by atoms with van der Waals surface area (Å²) in [6, 6.07) is 0. The molecule has 2 unspecified atom stereocenters. The molecule has 1 aromatic heterocycles. The first-order valence-corrected chi connectivity index (χ1v) is 5.77. The van der Waals surface area contributed by atoms with Crippen LogP contribution in [0.5, 0.6) is 5.75 Å². The lowest BCUT2D eigenvalue weighted by molar-refractivity contribution is 0.410. The summed E-state index contributed by atoms with van der Waals surface area (Å²) in [7, 11) is 3.59. The molecule has 2 rings (SSSR count). The van der Waals surface area contributed by atoms with Gasteiger partial charge >= 0.3 is 0 Å². The zero-order valence-corrected chi connectivity index (χ0v) is 10.5. The maximum absolute atomic E-state index is 5.95. The van der Waals surface area contributed by atoms with Gasteiger partial charge in [-0.05, 0) is 18.3 Å². The number of methoxy groups -OCH3 is 1. The molecule has 1 saturated carbocycles. The molecule has 1 aromatic rings. The average Bonchev–Trinajstić information content (AvgIpc) is 2.93. The van der Waals surface area contributed by atoms with Crippen LogP contribution in [0.3, 0.4) is 0 Å². The predicted molar refractivity (Wildman–Crippen MR) is 64.1 cm³/mol. The lowest BCUT2D eigenvalue weighted by Gasteiger charge is -2.20. The van der Waals surface area contributed by atoms with Gasteiger partial charge in [-0.15, -0.1) is 0 Å². The van der Waals surface area contributed by atoms with Gasteiger partial charge in [-0.1, -0.05) is 18.5 Å². The molecule has 0 aromatic carbocycles. The minimum Gasteiger partial charge on any atom is -0.490 e. The number of hydrogen-bond donors (Lipinski definition) is 0. The molecule has 0 N–H and O–H groups in total. The molecule has 1 fully saturated rings. The van der Waals surface area contributed by atoms with Gasteiger partial charge in [0, 0.05) is 13.6 Å². The van der Waals surface area contributed by atoms with Gasteiger partial charge in [0.25, 0.3) is 0 Å². The largest absolute Gasteiger partial charge is 0.490 e. The Balaban J connectivity index is 2.15. The van der Waals surface area contributed by atoms with Crippen LogP contribution in [0.1, 0.15) is 13.3 Å². The van der Waals surface area contributed by atoms with Gasteiger partial charge in [0.15, 0.2) is 16.7 Å². The molecule has 88 valence electrons. The number of ether oxygens (including phenoxy) is 1. The zero-order valence-electron chi connectivity index (χ0n) is 9.77. The van der Waals surface area contributed by atoms with Crippen molar-refractivity contribution in [3.8, 4) is 5.75 Å². The summed E-state index contributed by atoms with van der Waals surface area (Å²) in [5.74, 6) is 2.91. The van der Waals surface area contributed by atoms with Crippen LogP contribution in [0.2, 0.25) is 5.15 Å². The first kappa shape index (κ1) is 11.5. The second-order valence-corrected chi connectivity index (χ2v) is 4.73. The van der Waals surface area contributed by atoms with Crippen molar-refractivity contribution in [2.45, 2.75) is 13.3 Å². The number of anilines is 1. The van der Waals surface area contributed by atoms with Crippen LogP contribution in [0.25, 0.3) is 0 Å². The Morgan fingerprint density at radius 1 is 1.56 bits per heavy atom. The quantitative estimate of drug-likeness (QED) is 0.758. The fraction of sp³-hybridized carbons (Fsp3) is 0.636. The predicted octanol–water partition coefficient (Wildman–Crippen LogP) is 2.23. The Hall–Kier alpha value is -1.03. The highest BCUT2D eigenvalue weighted by Crippen LogP contribution is 2.40. The van der Waals surface area contributed by atoms with Gasteiger partial charge in [0.2, 0.25) is 0 Å². The fourth-order valence-electron chi connectivity index (χ4n) is 1.88. The third-order valence-corrected chi connectivity index (χ3v) is 3.36. The van der Waals surface area contributed by atoms with Crippen LogP contribution >= 0.6 is 11.6 Å². The molecule has 16 heavy (non-hydrogen) atoms. The summed E-state index contributed by atoms with van der Waals surface area (Å²) in [5, 5.41) is 0.364. The lowest BCUT2D eigenvalue weighted by Crippen LogP contribution is -2.22. The van der Waals surface area contributed by atoms with Crippen LogP contribution < -0.4 is 9.64 Å². The highest BCUT2D eigenvalue weighted by Gasteiger charge is 2.34. The minimum atomic E-state index is 0.364. The van der Waals surface area contributed by atoms with E-state index in [9.17, 15) is 0 Å². The van der Waals surface area contributed by atoms with Crippen molar-refractivity contribution in [2.24, 2.45) is 11.8 Å². The molecule has 0 radical (unpaired) electrons. The Morgan fingerprint density at radius 3 is 2.81 bits per heavy atom. The lowest BCUT2D eigenvalue weighted by atomic mass is 10.3. The first-order valence-electron chi connectivity index (χ1n) is 5.39. The minimum absolute atomic E-state index is 0.364. The summed E-state index contributed by atoms with van der Waals surface area (Å²) in [6.45, 7) is 3.26. The third kappa shape index (κ3) is 2.21. The van der Waals surface area contributed by atoms with Crippen LogP contribution in [-0.4, -0.2) is 30.7 Å². The van der Waals surface area contributed by atoms with E-state index in [0.29, 0.717) is 10.9 Å². The summed E-state index contributed by atoms with van der Waals surface area (Å²) in [5.41, 5.74) is 0. The number of nitrogens with zero attached hydrogens (tertiary/aromatic N) is 3. The number of rotatable bonds is 4. The topological polar surface area (TPSA) is 38.3 Å². The van der Waals surface area contributed by atoms with Gasteiger partial charge < -0.3 is 9.64 Å². The molecule has 1 aliphatic carbocycles. The van der Waals surface area contributed by atoms with Crippen molar-refractivity contribution in [3.63, 3.8) is 0 Å². The van der Waals surface area contributed by atoms with Crippen molar-refractivity contribution in [1.82, 2.24) is 9.97 Å². The monoisotopic (exact) mass is 241 g/mol. The van der Waals surface area contributed by atoms with Gasteiger partial charge in [-0.3, -0.25) is 0 Å². The highest BCUT2D eigenvalue weighted by atomic mass is 35.5. The van der Waals surface area contributed by atoms with Crippen LogP contribution in [-0.2, 0) is 0 Å². The van der Waals surface area contributed by atoms with Crippen LogP contribution in [0.4, 0.5) is 5.82 Å². The molecule has 2 atom stereocenters. The average molecular weight is 242 g/mol. The first-order chi connectivity index (χ1) is 7.63. The highest BCUT2D eigenvalue weighted by molar-refractivity contribution is 6.31. The Morgan fingerprint density at radius 2 is 2.25 bits per heavy atom. The van der Waals surface area contributed by atoms with Crippen molar-refractivity contribution in [2.75, 3.05) is 25.6 Å². The SMILES string of the molecule is COc1c(Cl)ncnc1N(C)CC1CC1C. The van der Waals surface area contributed by atoms with Gasteiger partial charge in [-0.25, -0.2) is 9.97 Å². The van der Waals surface area contributed by atoms with E-state index in [0.717, 1.165) is 24.2 Å². The maximum Gasteiger partial charge on any atom is 0.199 e. The zero-order chi connectivity index (χ0) is 11.7. The second kappa shape index (κ2) is 4.45. The molecular weight excluding hydrogens is 226 g/mol. The standard InChI is InChI=1S/C11H16ClN3O/c1-7-4-8(7)5-15(2)11-9(16-3)10(12)13-6-14-11/h6-8H,4-5H2,1-3H3. The van der Waals surface area contributed by atoms with E-state index in [-0.39, 0.29) is 0 Å². The molecule has 0 spiro atoms. The molecule has 0 saturated heterocycles. The van der Waals surface area contributed by atoms with Gasteiger partial charge in [-0.2, -0.15) is 0 Å². The van der Waals surface area contributed by atoms with E-state index in [4.69, 9.17) is 16.3 Å². The molecule has 0 aliphatic heterocycles. The molecule has 1 heterocycles. The van der Waals surface area contributed by atoms with Crippen molar-refractivity contribution >= 4 is 17.4 Å². The summed E-state index contributed by atoms with van der Waals surface area (Å²) < 4.78 is 5.23. The van der Waals surface area contributed by atoms with E-state index in [1.54, 1.807) is 7.11 Å². The Kier molecular flexibility index (Phi) is 3.19. The Labute approximate surface area is 101 Å². The van der Waals surface area contributed by atoms with Gasteiger partial charge in [0.1, 0.15) is 6.33 Å². The van der Waals surface area contributed by atoms with Crippen molar-refractivity contribution in [1.29, 1.82) is 0 Å². The Bertz CT molecular complexity index is 385. The summed E-state index contributed by atoms with van der Waals surface area (Å²) in [6.07, 6.45) is 2.76. The molecular formula is C11H16ClN3O. The number of hydrogen-bond acceptors (Lipinski definition) is 4. The number of aromatic nitrogens is 2. The fourth-order valence-corrected chi connectivity index (χ4v) is 2.09. The van der Waals surface area contributed by atoms with E-state index in [1.807, 2.05) is 7.05 Å². The maximum atomic E-state index is 5.95. The van der Waals surface area contributed by atoms with Crippen LogP contribution in [0.15, 0.2) is 6.33 Å². The molecule has 0 amide bonds. The molecule has 5 heteroatoms. The van der Waals surface area contributed by atoms with Crippen molar-refractivity contribution < 1.29 is 4.74 Å². The second-order valence-electron chi connectivity index (χ2n) is 4.37. The van der Waals surface area contributed by atoms with E-state index in [2.05, 4.69) is 21.8 Å². The van der Waals surface area contributed by atoms with Crippen molar-refractivity contribution in [3.05, 3.63) is 11.5 Å².